The van der Waals surface area contributed by atoms with Crippen LogP contribution in [0.25, 0.3) is 0 Å². The van der Waals surface area contributed by atoms with Crippen molar-refractivity contribution in [1.29, 1.82) is 0 Å². The summed E-state index contributed by atoms with van der Waals surface area (Å²) in [6.07, 6.45) is 4.03. The number of carboxylic acids is 3. The number of carbonyl (C=O) groups is 3. The highest BCUT2D eigenvalue weighted by Gasteiger charge is 2.40. The first-order valence-corrected chi connectivity index (χ1v) is 12.4. The maximum atomic E-state index is 10.3. The Morgan fingerprint density at radius 2 is 1.74 bits per heavy atom. The molecule has 0 spiro atoms. The summed E-state index contributed by atoms with van der Waals surface area (Å²) >= 11 is 0. The van der Waals surface area contributed by atoms with Gasteiger partial charge < -0.3 is 25.7 Å². The van der Waals surface area contributed by atoms with Gasteiger partial charge >= 0.3 is 17.9 Å². The van der Waals surface area contributed by atoms with Crippen LogP contribution in [0.5, 0.6) is 0 Å². The second-order valence-corrected chi connectivity index (χ2v) is 9.15. The minimum Gasteiger partial charge on any atom is -0.481 e. The third-order valence-corrected chi connectivity index (χ3v) is 6.29. The fraction of sp³-hybridized carbons (Fsp3) is 0.500. The van der Waals surface area contributed by atoms with Crippen LogP contribution in [-0.2, 0) is 27.5 Å². The lowest BCUT2D eigenvalue weighted by Crippen LogP contribution is -2.42. The van der Waals surface area contributed by atoms with Crippen molar-refractivity contribution in [1.82, 2.24) is 19.8 Å². The number of carboxylic acid groups (broad SMARTS) is 3. The van der Waals surface area contributed by atoms with Gasteiger partial charge in [-0.2, -0.15) is 0 Å². The summed E-state index contributed by atoms with van der Waals surface area (Å²) in [5, 5.41) is 37.0. The van der Waals surface area contributed by atoms with Crippen LogP contribution < -0.4 is 5.32 Å². The molecule has 1 fully saturated rings. The van der Waals surface area contributed by atoms with E-state index in [1.54, 1.807) is 0 Å². The van der Waals surface area contributed by atoms with Gasteiger partial charge in [-0.25, -0.2) is 9.78 Å². The van der Waals surface area contributed by atoms with E-state index in [0.717, 1.165) is 37.7 Å². The van der Waals surface area contributed by atoms with Crippen LogP contribution in [0.15, 0.2) is 42.7 Å². The molecule has 12 nitrogen and oxygen atoms in total. The summed E-state index contributed by atoms with van der Waals surface area (Å²) in [5.74, 6) is -4.05. The van der Waals surface area contributed by atoms with E-state index in [1.165, 1.54) is 24.9 Å². The van der Waals surface area contributed by atoms with Gasteiger partial charge in [-0.15, -0.1) is 0 Å². The number of aliphatic carboxylic acids is 3. The number of hydrogen-bond acceptors (Lipinski definition) is 9. The van der Waals surface area contributed by atoms with Crippen molar-refractivity contribution in [3.63, 3.8) is 0 Å². The van der Waals surface area contributed by atoms with Crippen LogP contribution in [0.2, 0.25) is 0 Å². The van der Waals surface area contributed by atoms with Crippen molar-refractivity contribution in [2.45, 2.75) is 57.3 Å². The van der Waals surface area contributed by atoms with Crippen LogP contribution in [0, 0.1) is 0 Å². The Balaban J connectivity index is 0.000000332. The smallest absolute Gasteiger partial charge is 0.336 e. The minimum absolute atomic E-state index is 0.642. The fourth-order valence-corrected chi connectivity index (χ4v) is 4.47. The molecular weight excluding hydrogens is 494 g/mol. The van der Waals surface area contributed by atoms with Crippen LogP contribution in [0.1, 0.15) is 43.9 Å². The van der Waals surface area contributed by atoms with E-state index in [9.17, 15) is 14.4 Å². The number of rotatable bonds is 13. The normalized spacial score (nSPS) is 15.5. The Morgan fingerprint density at radius 1 is 1.05 bits per heavy atom. The second kappa shape index (κ2) is 15.0. The monoisotopic (exact) mass is 531 g/mol. The quantitative estimate of drug-likeness (QED) is 0.253. The van der Waals surface area contributed by atoms with Crippen LogP contribution >= 0.6 is 0 Å². The molecule has 3 heterocycles. The third kappa shape index (κ3) is 9.69. The predicted molar refractivity (Wildman–Crippen MR) is 139 cm³/mol. The number of pyridine rings is 2. The molecule has 5 N–H and O–H groups in total. The standard InChI is InChI=1S/C20H29N5.C6H8O7/c1-3-25-13-7-10-19(25)16-24(15-18-9-4-5-11-22-18)14-17-8-6-12-23-20(17)21-2;7-3(8)1-6(13,5(11)12)2-4(9)10/h4-6,8-9,11-12,19H,3,7,10,13-16H2,1-2H3,(H,21,23);13H,1-2H2,(H,7,8)(H,9,10)(H,11,12). The lowest BCUT2D eigenvalue weighted by atomic mass is 9.96. The second-order valence-electron chi connectivity index (χ2n) is 9.15. The van der Waals surface area contributed by atoms with Gasteiger partial charge in [0, 0.05) is 50.7 Å². The molecule has 12 heteroatoms. The number of aliphatic hydroxyl groups is 1. The SMILES string of the molecule is CCN1CCCC1CN(Cc1ccccn1)Cc1cccnc1NC.O=C(O)CC(O)(CC(=O)O)C(=O)O. The molecule has 0 bridgehead atoms. The molecule has 3 rings (SSSR count). The number of hydrogen-bond donors (Lipinski definition) is 5. The zero-order chi connectivity index (χ0) is 28.1. The molecule has 1 atom stereocenters. The van der Waals surface area contributed by atoms with Gasteiger partial charge in [-0.05, 0) is 44.1 Å². The fourth-order valence-electron chi connectivity index (χ4n) is 4.47. The average molecular weight is 532 g/mol. The summed E-state index contributed by atoms with van der Waals surface area (Å²) in [6.45, 7) is 7.45. The largest absolute Gasteiger partial charge is 0.481 e. The first kappa shape index (κ1) is 30.6. The maximum absolute atomic E-state index is 10.3. The number of likely N-dealkylation sites (tertiary alicyclic amines) is 1. The van der Waals surface area contributed by atoms with Gasteiger partial charge in [0.15, 0.2) is 5.60 Å². The molecule has 0 amide bonds. The van der Waals surface area contributed by atoms with Gasteiger partial charge in [-0.1, -0.05) is 19.1 Å². The summed E-state index contributed by atoms with van der Waals surface area (Å²) < 4.78 is 0. The molecule has 0 saturated carbocycles. The van der Waals surface area contributed by atoms with E-state index in [4.69, 9.17) is 20.4 Å². The van der Waals surface area contributed by atoms with Crippen molar-refractivity contribution in [2.24, 2.45) is 0 Å². The number of aromatic nitrogens is 2. The molecular formula is C26H37N5O7. The number of anilines is 1. The van der Waals surface area contributed by atoms with E-state index in [-0.39, 0.29) is 0 Å². The number of nitrogens with one attached hydrogen (secondary N) is 1. The molecule has 38 heavy (non-hydrogen) atoms. The summed E-state index contributed by atoms with van der Waals surface area (Å²) in [5.41, 5.74) is -0.377. The molecule has 1 aliphatic rings. The van der Waals surface area contributed by atoms with Crippen LogP contribution in [0.4, 0.5) is 5.82 Å². The highest BCUT2D eigenvalue weighted by molar-refractivity contribution is 5.88. The van der Waals surface area contributed by atoms with E-state index >= 15 is 0 Å². The maximum Gasteiger partial charge on any atom is 0.336 e. The molecule has 2 aromatic rings. The minimum atomic E-state index is -2.74. The van der Waals surface area contributed by atoms with Gasteiger partial charge in [0.1, 0.15) is 5.82 Å². The molecule has 1 aliphatic heterocycles. The molecule has 1 unspecified atom stereocenters. The first-order chi connectivity index (χ1) is 18.1. The summed E-state index contributed by atoms with van der Waals surface area (Å²) in [4.78, 5) is 44.6. The van der Waals surface area contributed by atoms with Crippen molar-refractivity contribution < 1.29 is 34.8 Å². The lowest BCUT2D eigenvalue weighted by molar-refractivity contribution is -0.170. The van der Waals surface area contributed by atoms with E-state index in [0.29, 0.717) is 6.04 Å². The van der Waals surface area contributed by atoms with Crippen molar-refractivity contribution in [3.8, 4) is 0 Å². The zero-order valence-corrected chi connectivity index (χ0v) is 21.8. The Bertz CT molecular complexity index is 1040. The van der Waals surface area contributed by atoms with Gasteiger partial charge in [-0.3, -0.25) is 24.4 Å². The zero-order valence-electron chi connectivity index (χ0n) is 21.8. The van der Waals surface area contributed by atoms with Gasteiger partial charge in [0.2, 0.25) is 0 Å². The molecule has 0 aromatic carbocycles. The summed E-state index contributed by atoms with van der Waals surface area (Å²) in [7, 11) is 1.94. The Morgan fingerprint density at radius 3 is 2.29 bits per heavy atom. The lowest BCUT2D eigenvalue weighted by Gasteiger charge is -2.30. The molecule has 0 aliphatic carbocycles. The van der Waals surface area contributed by atoms with Gasteiger partial charge in [0.05, 0.1) is 18.5 Å². The Labute approximate surface area is 221 Å². The van der Waals surface area contributed by atoms with Crippen molar-refractivity contribution >= 4 is 23.7 Å². The van der Waals surface area contributed by atoms with E-state index < -0.39 is 36.4 Å². The molecule has 2 aromatic heterocycles. The number of likely N-dealkylation sites (N-methyl/N-ethyl adjacent to an activating group) is 1. The van der Waals surface area contributed by atoms with E-state index in [2.05, 4.69) is 50.2 Å². The van der Waals surface area contributed by atoms with Gasteiger partial charge in [0.25, 0.3) is 0 Å². The highest BCUT2D eigenvalue weighted by atomic mass is 16.4. The number of nitrogens with zero attached hydrogens (tertiary/aromatic N) is 4. The predicted octanol–water partition coefficient (Wildman–Crippen LogP) is 1.76. The first-order valence-electron chi connectivity index (χ1n) is 12.4. The van der Waals surface area contributed by atoms with Crippen molar-refractivity contribution in [2.75, 3.05) is 32.0 Å². The average Bonchev–Trinajstić information content (AvgIpc) is 3.31. The Kier molecular flexibility index (Phi) is 12.1. The van der Waals surface area contributed by atoms with Crippen molar-refractivity contribution in [3.05, 3.63) is 54.0 Å². The highest BCUT2D eigenvalue weighted by Crippen LogP contribution is 2.21. The van der Waals surface area contributed by atoms with Crippen LogP contribution in [0.3, 0.4) is 0 Å². The Hall–Kier alpha value is -3.61. The molecule has 1 saturated heterocycles. The molecule has 208 valence electrons. The van der Waals surface area contributed by atoms with E-state index in [1.807, 2.05) is 31.6 Å². The topological polar surface area (TPSA) is 176 Å². The van der Waals surface area contributed by atoms with Crippen LogP contribution in [-0.4, -0.2) is 96.4 Å². The third-order valence-electron chi connectivity index (χ3n) is 6.29. The summed E-state index contributed by atoms with van der Waals surface area (Å²) in [6, 6.07) is 11.0. The molecule has 0 radical (unpaired) electrons.